The number of rotatable bonds is 5. The van der Waals surface area contributed by atoms with Crippen molar-refractivity contribution in [3.63, 3.8) is 0 Å². The SMILES string of the molecule is CO[C@H]1C[C@@H](NC(=O)c2ccc(C3=NOC(C)(c4cc(C(F)(F)F)cc(Cl)c4F)C3)cc2C)C1. The Hall–Kier alpha value is -2.65. The first-order chi connectivity index (χ1) is 15.9. The van der Waals surface area contributed by atoms with Crippen LogP contribution in [0.4, 0.5) is 17.6 Å². The first-order valence-electron chi connectivity index (χ1n) is 10.7. The summed E-state index contributed by atoms with van der Waals surface area (Å²) in [4.78, 5) is 18.1. The van der Waals surface area contributed by atoms with Gasteiger partial charge in [0, 0.05) is 30.7 Å². The largest absolute Gasteiger partial charge is 0.416 e. The molecular formula is C24H23ClF4N2O3. The third-order valence-electron chi connectivity index (χ3n) is 6.36. The fourth-order valence-corrected chi connectivity index (χ4v) is 4.43. The number of hydrogen-bond acceptors (Lipinski definition) is 4. The smallest absolute Gasteiger partial charge is 0.384 e. The number of nitrogens with one attached hydrogen (secondary N) is 1. The summed E-state index contributed by atoms with van der Waals surface area (Å²) in [5.74, 6) is -1.18. The van der Waals surface area contributed by atoms with Gasteiger partial charge in [0.15, 0.2) is 5.60 Å². The summed E-state index contributed by atoms with van der Waals surface area (Å²) in [7, 11) is 1.64. The Morgan fingerprint density at radius 1 is 1.26 bits per heavy atom. The lowest BCUT2D eigenvalue weighted by Gasteiger charge is -2.34. The Labute approximate surface area is 199 Å². The second-order valence-corrected chi connectivity index (χ2v) is 9.29. The van der Waals surface area contributed by atoms with Crippen LogP contribution in [0.2, 0.25) is 5.02 Å². The van der Waals surface area contributed by atoms with Crippen molar-refractivity contribution in [1.29, 1.82) is 0 Å². The number of nitrogens with zero attached hydrogens (tertiary/aromatic N) is 1. The van der Waals surface area contributed by atoms with Gasteiger partial charge in [-0.3, -0.25) is 4.79 Å². The van der Waals surface area contributed by atoms with Gasteiger partial charge >= 0.3 is 6.18 Å². The third-order valence-corrected chi connectivity index (χ3v) is 6.63. The van der Waals surface area contributed by atoms with Crippen molar-refractivity contribution < 1.29 is 31.9 Å². The van der Waals surface area contributed by atoms with E-state index in [1.54, 1.807) is 32.2 Å². The lowest BCUT2D eigenvalue weighted by Crippen LogP contribution is -2.47. The Bertz CT molecular complexity index is 1160. The maximum Gasteiger partial charge on any atom is 0.416 e. The zero-order valence-corrected chi connectivity index (χ0v) is 19.5. The molecule has 1 aliphatic heterocycles. The van der Waals surface area contributed by atoms with Gasteiger partial charge in [-0.1, -0.05) is 22.8 Å². The van der Waals surface area contributed by atoms with E-state index in [0.29, 0.717) is 34.5 Å². The molecule has 1 atom stereocenters. The van der Waals surface area contributed by atoms with Crippen LogP contribution in [0.25, 0.3) is 0 Å². The molecule has 1 saturated carbocycles. The molecule has 0 saturated heterocycles. The van der Waals surface area contributed by atoms with E-state index in [1.165, 1.54) is 6.92 Å². The average Bonchev–Trinajstić information content (AvgIpc) is 3.14. The first kappa shape index (κ1) is 24.5. The number of alkyl halides is 3. The van der Waals surface area contributed by atoms with Crippen LogP contribution in [0.1, 0.15) is 58.8 Å². The molecule has 2 aliphatic rings. The van der Waals surface area contributed by atoms with E-state index < -0.39 is 28.2 Å². The maximum absolute atomic E-state index is 14.7. The molecule has 34 heavy (non-hydrogen) atoms. The molecule has 1 heterocycles. The van der Waals surface area contributed by atoms with Crippen molar-refractivity contribution in [1.82, 2.24) is 5.32 Å². The standard InChI is InChI=1S/C24H23ClF4N2O3/c1-12-6-13(4-5-17(12)22(32)30-15-9-16(10-15)33-3)20-11-23(2,34-31-20)18-7-14(24(27,28)29)8-19(25)21(18)26/h4-8,15-16H,9-11H2,1-3H3,(H,30,32)/t15-,16+,23?. The number of carbonyl (C=O) groups is 1. The van der Waals surface area contributed by atoms with E-state index in [1.807, 2.05) is 0 Å². The molecule has 1 aliphatic carbocycles. The number of ether oxygens (including phenoxy) is 1. The second-order valence-electron chi connectivity index (χ2n) is 8.88. The lowest BCUT2D eigenvalue weighted by atomic mass is 9.87. The van der Waals surface area contributed by atoms with Gasteiger partial charge in [-0.2, -0.15) is 13.2 Å². The summed E-state index contributed by atoms with van der Waals surface area (Å²) >= 11 is 5.74. The van der Waals surface area contributed by atoms with Gasteiger partial charge in [-0.05, 0) is 62.1 Å². The number of halogens is 5. The van der Waals surface area contributed by atoms with Crippen LogP contribution in [-0.2, 0) is 21.4 Å². The minimum Gasteiger partial charge on any atom is -0.384 e. The maximum atomic E-state index is 14.7. The molecule has 4 rings (SSSR count). The number of benzene rings is 2. The summed E-state index contributed by atoms with van der Waals surface area (Å²) in [6, 6.07) is 6.41. The van der Waals surface area contributed by atoms with Gasteiger partial charge in [0.1, 0.15) is 5.82 Å². The predicted molar refractivity (Wildman–Crippen MR) is 118 cm³/mol. The van der Waals surface area contributed by atoms with Crippen LogP contribution in [0.5, 0.6) is 0 Å². The van der Waals surface area contributed by atoms with Gasteiger partial charge in [-0.15, -0.1) is 0 Å². The Morgan fingerprint density at radius 3 is 2.59 bits per heavy atom. The molecule has 0 spiro atoms. The molecule has 0 radical (unpaired) electrons. The molecule has 2 aromatic carbocycles. The van der Waals surface area contributed by atoms with Gasteiger partial charge in [0.05, 0.1) is 22.4 Å². The number of carbonyl (C=O) groups excluding carboxylic acids is 1. The zero-order valence-electron chi connectivity index (χ0n) is 18.7. The van der Waals surface area contributed by atoms with Crippen LogP contribution in [0, 0.1) is 12.7 Å². The molecule has 1 unspecified atom stereocenters. The van der Waals surface area contributed by atoms with Crippen molar-refractivity contribution in [2.45, 2.75) is 57.0 Å². The van der Waals surface area contributed by atoms with Crippen molar-refractivity contribution in [2.24, 2.45) is 5.16 Å². The number of methoxy groups -OCH3 is 1. The number of hydrogen-bond donors (Lipinski definition) is 1. The van der Waals surface area contributed by atoms with Gasteiger partial charge in [0.25, 0.3) is 5.91 Å². The molecule has 182 valence electrons. The highest BCUT2D eigenvalue weighted by atomic mass is 35.5. The van der Waals surface area contributed by atoms with Crippen LogP contribution >= 0.6 is 11.6 Å². The Kier molecular flexibility index (Phi) is 6.37. The van der Waals surface area contributed by atoms with Gasteiger partial charge < -0.3 is 14.9 Å². The van der Waals surface area contributed by atoms with E-state index in [0.717, 1.165) is 12.8 Å². The van der Waals surface area contributed by atoms with Crippen LogP contribution < -0.4 is 5.32 Å². The third kappa shape index (κ3) is 4.63. The minimum absolute atomic E-state index is 0.0209. The summed E-state index contributed by atoms with van der Waals surface area (Å²) in [6.07, 6.45) is -2.97. The van der Waals surface area contributed by atoms with Crippen LogP contribution in [-0.4, -0.2) is 30.9 Å². The van der Waals surface area contributed by atoms with Crippen LogP contribution in [0.3, 0.4) is 0 Å². The van der Waals surface area contributed by atoms with Crippen molar-refractivity contribution in [3.8, 4) is 0 Å². The summed E-state index contributed by atoms with van der Waals surface area (Å²) in [6.45, 7) is 3.23. The molecule has 5 nitrogen and oxygen atoms in total. The minimum atomic E-state index is -4.69. The number of aryl methyl sites for hydroxylation is 1. The summed E-state index contributed by atoms with van der Waals surface area (Å²) in [5.41, 5.74) is -0.622. The number of oxime groups is 1. The highest BCUT2D eigenvalue weighted by Crippen LogP contribution is 2.42. The van der Waals surface area contributed by atoms with E-state index in [-0.39, 0.29) is 30.0 Å². The topological polar surface area (TPSA) is 59.9 Å². The summed E-state index contributed by atoms with van der Waals surface area (Å²) in [5, 5.41) is 6.34. The Morgan fingerprint density at radius 2 is 1.97 bits per heavy atom. The Balaban J connectivity index is 1.52. The molecule has 1 fully saturated rings. The molecule has 1 amide bonds. The van der Waals surface area contributed by atoms with Crippen molar-refractivity contribution >= 4 is 23.2 Å². The lowest BCUT2D eigenvalue weighted by molar-refractivity contribution is -0.137. The predicted octanol–water partition coefficient (Wildman–Crippen LogP) is 5.75. The van der Waals surface area contributed by atoms with Gasteiger partial charge in [-0.25, -0.2) is 4.39 Å². The van der Waals surface area contributed by atoms with Crippen LogP contribution in [0.15, 0.2) is 35.5 Å². The first-order valence-corrected chi connectivity index (χ1v) is 11.1. The molecule has 10 heteroatoms. The van der Waals surface area contributed by atoms with E-state index in [9.17, 15) is 22.4 Å². The summed E-state index contributed by atoms with van der Waals surface area (Å²) < 4.78 is 59.6. The van der Waals surface area contributed by atoms with E-state index >= 15 is 0 Å². The van der Waals surface area contributed by atoms with Crippen molar-refractivity contribution in [2.75, 3.05) is 7.11 Å². The molecule has 0 aromatic heterocycles. The van der Waals surface area contributed by atoms with E-state index in [4.69, 9.17) is 21.2 Å². The molecule has 2 aromatic rings. The second kappa shape index (κ2) is 8.85. The fraction of sp³-hybridized carbons (Fsp3) is 0.417. The molecular weight excluding hydrogens is 476 g/mol. The van der Waals surface area contributed by atoms with Crippen molar-refractivity contribution in [3.05, 3.63) is 69.0 Å². The quantitative estimate of drug-likeness (QED) is 0.534. The molecule has 1 N–H and O–H groups in total. The highest BCUT2D eigenvalue weighted by Gasteiger charge is 2.42. The monoisotopic (exact) mass is 498 g/mol. The zero-order chi connectivity index (χ0) is 24.8. The van der Waals surface area contributed by atoms with E-state index in [2.05, 4.69) is 10.5 Å². The molecule has 0 bridgehead atoms. The highest BCUT2D eigenvalue weighted by molar-refractivity contribution is 6.30. The normalized spacial score (nSPS) is 24.3. The fourth-order valence-electron chi connectivity index (χ4n) is 4.21. The average molecular weight is 499 g/mol. The van der Waals surface area contributed by atoms with Gasteiger partial charge in [0.2, 0.25) is 0 Å². The number of amides is 1.